The molecule has 1 N–H and O–H groups in total. The number of likely N-dealkylation sites (tertiary alicyclic amines) is 1. The first-order valence-corrected chi connectivity index (χ1v) is 11.7. The third-order valence-corrected chi connectivity index (χ3v) is 5.84. The molecular weight excluding hydrogens is 570 g/mol. The number of rotatable bonds is 9. The van der Waals surface area contributed by atoms with Gasteiger partial charge >= 0.3 is 0 Å². The summed E-state index contributed by atoms with van der Waals surface area (Å²) in [7, 11) is 1.67. The van der Waals surface area contributed by atoms with E-state index in [1.54, 1.807) is 7.11 Å². The Kier molecular flexibility index (Phi) is 12.3. The lowest BCUT2D eigenvalue weighted by Gasteiger charge is -2.14. The molecule has 0 atom stereocenters. The number of aliphatic imine (C=N–C) groups is 1. The molecule has 1 heterocycles. The van der Waals surface area contributed by atoms with Crippen molar-refractivity contribution in [1.29, 1.82) is 0 Å². The zero-order chi connectivity index (χ0) is 22.9. The number of halogens is 2. The molecule has 1 aliphatic heterocycles. The zero-order valence-electron chi connectivity index (χ0n) is 20.4. The van der Waals surface area contributed by atoms with Crippen LogP contribution in [-0.2, 0) is 0 Å². The summed E-state index contributed by atoms with van der Waals surface area (Å²) in [6.45, 7) is 6.43. The van der Waals surface area contributed by atoms with Crippen molar-refractivity contribution >= 4 is 51.2 Å². The largest absolute Gasteiger partial charge is 0.497 e. The van der Waals surface area contributed by atoms with E-state index >= 15 is 0 Å². The van der Waals surface area contributed by atoms with Gasteiger partial charge in [0.25, 0.3) is 0 Å². The van der Waals surface area contributed by atoms with Gasteiger partial charge in [-0.2, -0.15) is 0 Å². The first kappa shape index (κ1) is 28.9. The van der Waals surface area contributed by atoms with Crippen molar-refractivity contribution in [3.63, 3.8) is 0 Å². The van der Waals surface area contributed by atoms with Crippen molar-refractivity contribution in [2.24, 2.45) is 4.99 Å². The highest BCUT2D eigenvalue weighted by atomic mass is 79.9. The smallest absolute Gasteiger partial charge is 0.138 e. The van der Waals surface area contributed by atoms with Crippen molar-refractivity contribution in [3.8, 4) is 11.5 Å². The second kappa shape index (κ2) is 14.9. The molecule has 7 heteroatoms. The lowest BCUT2D eigenvalue weighted by Crippen LogP contribution is -2.21. The van der Waals surface area contributed by atoms with Crippen LogP contribution in [0.5, 0.6) is 11.5 Å². The Bertz CT molecular complexity index is 1030. The topological polar surface area (TPSA) is 46.1 Å². The van der Waals surface area contributed by atoms with Gasteiger partial charge in [-0.1, -0.05) is 29.8 Å². The minimum Gasteiger partial charge on any atom is -0.497 e. The number of nitrogens with zero attached hydrogens (tertiary/aromatic N) is 2. The molecule has 0 aromatic heterocycles. The molecule has 1 aliphatic rings. The van der Waals surface area contributed by atoms with Crippen LogP contribution < -0.4 is 14.8 Å². The summed E-state index contributed by atoms with van der Waals surface area (Å²) in [5.41, 5.74) is 4.07. The van der Waals surface area contributed by atoms with Crippen LogP contribution in [0.1, 0.15) is 30.4 Å². The van der Waals surface area contributed by atoms with Crippen molar-refractivity contribution in [1.82, 2.24) is 4.90 Å². The average molecular weight is 605 g/mol. The third kappa shape index (κ3) is 8.98. The molecule has 1 fully saturated rings. The number of ether oxygens (including phenoxy) is 2. The Hall–Kier alpha value is -2.35. The van der Waals surface area contributed by atoms with E-state index in [0.29, 0.717) is 0 Å². The summed E-state index contributed by atoms with van der Waals surface area (Å²) in [6.07, 6.45) is 3.73. The number of hydrogen-bond acceptors (Lipinski definition) is 4. The Labute approximate surface area is 230 Å². The average Bonchev–Trinajstić information content (AvgIpc) is 3.37. The maximum atomic E-state index is 5.94. The van der Waals surface area contributed by atoms with E-state index in [-0.39, 0.29) is 34.0 Å². The van der Waals surface area contributed by atoms with E-state index in [9.17, 15) is 0 Å². The predicted molar refractivity (Wildman–Crippen MR) is 157 cm³/mol. The molecule has 3 aromatic rings. The van der Waals surface area contributed by atoms with E-state index in [2.05, 4.69) is 41.4 Å². The van der Waals surface area contributed by atoms with E-state index in [0.717, 1.165) is 53.8 Å². The fraction of sp³-hybridized carbons (Fsp3) is 0.321. The van der Waals surface area contributed by atoms with Crippen molar-refractivity contribution in [2.45, 2.75) is 26.2 Å². The lowest BCUT2D eigenvalue weighted by atomic mass is 10.1. The molecule has 3 aromatic carbocycles. The second-order valence-electron chi connectivity index (χ2n) is 8.42. The highest BCUT2D eigenvalue weighted by Crippen LogP contribution is 2.22. The van der Waals surface area contributed by atoms with Crippen LogP contribution in [0.25, 0.3) is 0 Å². The van der Waals surface area contributed by atoms with Gasteiger partial charge in [0.1, 0.15) is 17.3 Å². The Morgan fingerprint density at radius 2 is 1.49 bits per heavy atom. The summed E-state index contributed by atoms with van der Waals surface area (Å²) in [4.78, 5) is 7.42. The molecule has 0 aliphatic carbocycles. The monoisotopic (exact) mass is 603 g/mol. The highest BCUT2D eigenvalue weighted by Gasteiger charge is 2.10. The van der Waals surface area contributed by atoms with Crippen LogP contribution in [0.4, 0.5) is 11.4 Å². The molecule has 0 bridgehead atoms. The molecule has 188 valence electrons. The van der Waals surface area contributed by atoms with Crippen molar-refractivity contribution < 1.29 is 9.47 Å². The molecule has 0 amide bonds. The number of nitrogens with one attached hydrogen (secondary N) is 1. The highest BCUT2D eigenvalue weighted by molar-refractivity contribution is 8.93. The SMILES string of the molecule is Br.Br.COc1ccc(NC(=Nc2ccc(OCCCN3CCCC3)cc2)c2ccc(C)cc2)cc1. The van der Waals surface area contributed by atoms with Gasteiger partial charge in [0, 0.05) is 17.8 Å². The van der Waals surface area contributed by atoms with Gasteiger partial charge in [-0.3, -0.25) is 0 Å². The van der Waals surface area contributed by atoms with Gasteiger partial charge in [-0.15, -0.1) is 34.0 Å². The van der Waals surface area contributed by atoms with Gasteiger partial charge in [0.15, 0.2) is 0 Å². The number of benzene rings is 3. The van der Waals surface area contributed by atoms with Crippen LogP contribution in [0, 0.1) is 6.92 Å². The number of anilines is 1. The first-order chi connectivity index (χ1) is 16.2. The number of methoxy groups -OCH3 is 1. The molecule has 35 heavy (non-hydrogen) atoms. The fourth-order valence-corrected chi connectivity index (χ4v) is 3.92. The minimum atomic E-state index is 0. The molecule has 5 nitrogen and oxygen atoms in total. The lowest BCUT2D eigenvalue weighted by molar-refractivity contribution is 0.263. The summed E-state index contributed by atoms with van der Waals surface area (Å²) in [5, 5.41) is 3.46. The molecule has 0 spiro atoms. The number of amidine groups is 1. The normalized spacial score (nSPS) is 13.5. The standard InChI is InChI=1S/C28H33N3O2.2BrH/c1-22-6-8-23(9-7-22)28(29-24-10-14-26(32-2)15-11-24)30-25-12-16-27(17-13-25)33-21-5-20-31-18-3-4-19-31;;/h6-17H,3-5,18-21H2,1-2H3,(H,29,30);2*1H. The molecule has 0 saturated carbocycles. The minimum absolute atomic E-state index is 0. The van der Waals surface area contributed by atoms with Gasteiger partial charge in [-0.25, -0.2) is 4.99 Å². The number of hydrogen-bond donors (Lipinski definition) is 1. The van der Waals surface area contributed by atoms with Gasteiger partial charge in [0.05, 0.1) is 19.4 Å². The van der Waals surface area contributed by atoms with Crippen molar-refractivity contribution in [3.05, 3.63) is 83.9 Å². The van der Waals surface area contributed by atoms with Gasteiger partial charge in [0.2, 0.25) is 0 Å². The zero-order valence-corrected chi connectivity index (χ0v) is 23.8. The van der Waals surface area contributed by atoms with Crippen LogP contribution >= 0.6 is 34.0 Å². The summed E-state index contributed by atoms with van der Waals surface area (Å²) in [5.74, 6) is 2.50. The van der Waals surface area contributed by atoms with Crippen LogP contribution in [-0.4, -0.2) is 44.1 Å². The van der Waals surface area contributed by atoms with Crippen molar-refractivity contribution in [2.75, 3.05) is 38.7 Å². The summed E-state index contributed by atoms with van der Waals surface area (Å²) < 4.78 is 11.2. The molecule has 0 unspecified atom stereocenters. The summed E-state index contributed by atoms with van der Waals surface area (Å²) in [6, 6.07) is 24.2. The molecular formula is C28H35Br2N3O2. The second-order valence-corrected chi connectivity index (χ2v) is 8.42. The predicted octanol–water partition coefficient (Wildman–Crippen LogP) is 7.21. The van der Waals surface area contributed by atoms with Gasteiger partial charge in [-0.05, 0) is 87.8 Å². The maximum absolute atomic E-state index is 5.94. The van der Waals surface area contributed by atoms with Crippen LogP contribution in [0.2, 0.25) is 0 Å². The Morgan fingerprint density at radius 3 is 2.11 bits per heavy atom. The Balaban J connectivity index is 0.00000216. The number of aryl methyl sites for hydroxylation is 1. The van der Waals surface area contributed by atoms with Crippen LogP contribution in [0.3, 0.4) is 0 Å². The van der Waals surface area contributed by atoms with E-state index < -0.39 is 0 Å². The molecule has 0 radical (unpaired) electrons. The first-order valence-electron chi connectivity index (χ1n) is 11.7. The summed E-state index contributed by atoms with van der Waals surface area (Å²) >= 11 is 0. The maximum Gasteiger partial charge on any atom is 0.138 e. The fourth-order valence-electron chi connectivity index (χ4n) is 3.92. The van der Waals surface area contributed by atoms with Crippen LogP contribution in [0.15, 0.2) is 77.8 Å². The Morgan fingerprint density at radius 1 is 0.857 bits per heavy atom. The van der Waals surface area contributed by atoms with E-state index in [1.165, 1.54) is 31.5 Å². The van der Waals surface area contributed by atoms with E-state index in [4.69, 9.17) is 14.5 Å². The van der Waals surface area contributed by atoms with Gasteiger partial charge < -0.3 is 19.7 Å². The van der Waals surface area contributed by atoms with E-state index in [1.807, 2.05) is 48.5 Å². The molecule has 4 rings (SSSR count). The third-order valence-electron chi connectivity index (χ3n) is 5.84. The quantitative estimate of drug-likeness (QED) is 0.159. The molecule has 1 saturated heterocycles.